The Morgan fingerprint density at radius 3 is 2.19 bits per heavy atom. The Morgan fingerprint density at radius 2 is 1.71 bits per heavy atom. The summed E-state index contributed by atoms with van der Waals surface area (Å²) in [5.41, 5.74) is 0. The number of halogens is 3. The number of hydrogen-bond acceptors (Lipinski definition) is 2. The summed E-state index contributed by atoms with van der Waals surface area (Å²) in [6.45, 7) is 9.76. The second kappa shape index (κ2) is 6.86. The number of rotatable bonds is 4. The molecule has 5 heteroatoms. The van der Waals surface area contributed by atoms with Crippen molar-refractivity contribution in [1.29, 1.82) is 0 Å². The molecule has 124 valence electrons. The molecule has 0 aromatic carbocycles. The minimum absolute atomic E-state index is 0.314. The largest absolute Gasteiger partial charge is 0.391 e. The Morgan fingerprint density at radius 1 is 1.10 bits per heavy atom. The standard InChI is InChI=1S/C16H29F3N2/c1-11(2)21-9-12(3)15(10-21)20-8-13-4-6-14(7-5-13)16(17,18)19/h11-15,20H,4-10H2,1-3H3. The molecule has 1 saturated carbocycles. The fraction of sp³-hybridized carbons (Fsp3) is 1.00. The van der Waals surface area contributed by atoms with Gasteiger partial charge in [-0.2, -0.15) is 13.2 Å². The normalized spacial score (nSPS) is 35.6. The van der Waals surface area contributed by atoms with Gasteiger partial charge in [-0.05, 0) is 57.9 Å². The van der Waals surface area contributed by atoms with E-state index >= 15 is 0 Å². The van der Waals surface area contributed by atoms with E-state index in [4.69, 9.17) is 0 Å². The lowest BCUT2D eigenvalue weighted by Crippen LogP contribution is -2.40. The van der Waals surface area contributed by atoms with E-state index in [1.54, 1.807) is 0 Å². The van der Waals surface area contributed by atoms with Gasteiger partial charge in [-0.25, -0.2) is 0 Å². The molecule has 2 nitrogen and oxygen atoms in total. The van der Waals surface area contributed by atoms with Crippen molar-refractivity contribution in [2.45, 2.75) is 64.7 Å². The zero-order chi connectivity index (χ0) is 15.6. The van der Waals surface area contributed by atoms with Crippen LogP contribution in [0.3, 0.4) is 0 Å². The maximum absolute atomic E-state index is 12.6. The van der Waals surface area contributed by atoms with Gasteiger partial charge in [0.25, 0.3) is 0 Å². The summed E-state index contributed by atoms with van der Waals surface area (Å²) < 4.78 is 37.9. The lowest BCUT2D eigenvalue weighted by atomic mass is 9.81. The van der Waals surface area contributed by atoms with Crippen molar-refractivity contribution in [3.8, 4) is 0 Å². The third kappa shape index (κ3) is 4.59. The molecule has 2 atom stereocenters. The molecule has 1 aliphatic carbocycles. The van der Waals surface area contributed by atoms with Crippen molar-refractivity contribution < 1.29 is 13.2 Å². The smallest absolute Gasteiger partial charge is 0.312 e. The Bertz CT molecular complexity index is 322. The van der Waals surface area contributed by atoms with E-state index in [0.717, 1.165) is 19.6 Å². The predicted molar refractivity (Wildman–Crippen MR) is 79.2 cm³/mol. The molecule has 21 heavy (non-hydrogen) atoms. The van der Waals surface area contributed by atoms with Gasteiger partial charge in [-0.1, -0.05) is 6.92 Å². The van der Waals surface area contributed by atoms with Crippen LogP contribution in [-0.4, -0.2) is 42.8 Å². The van der Waals surface area contributed by atoms with Crippen molar-refractivity contribution in [2.75, 3.05) is 19.6 Å². The van der Waals surface area contributed by atoms with Crippen molar-refractivity contribution in [1.82, 2.24) is 10.2 Å². The third-order valence-corrected chi connectivity index (χ3v) is 5.35. The topological polar surface area (TPSA) is 15.3 Å². The Labute approximate surface area is 126 Å². The van der Waals surface area contributed by atoms with Gasteiger partial charge in [0, 0.05) is 25.2 Å². The highest BCUT2D eigenvalue weighted by molar-refractivity contribution is 4.89. The highest BCUT2D eigenvalue weighted by Gasteiger charge is 2.41. The zero-order valence-corrected chi connectivity index (χ0v) is 13.4. The van der Waals surface area contributed by atoms with Crippen LogP contribution in [0.25, 0.3) is 0 Å². The molecule has 1 saturated heterocycles. The Hall–Kier alpha value is -0.290. The van der Waals surface area contributed by atoms with Crippen molar-refractivity contribution >= 4 is 0 Å². The lowest BCUT2D eigenvalue weighted by molar-refractivity contribution is -0.183. The van der Waals surface area contributed by atoms with Gasteiger partial charge in [0.1, 0.15) is 0 Å². The van der Waals surface area contributed by atoms with Gasteiger partial charge in [0.15, 0.2) is 0 Å². The van der Waals surface area contributed by atoms with E-state index in [1.165, 1.54) is 0 Å². The highest BCUT2D eigenvalue weighted by Crippen LogP contribution is 2.39. The maximum Gasteiger partial charge on any atom is 0.391 e. The van der Waals surface area contributed by atoms with Crippen LogP contribution in [0.5, 0.6) is 0 Å². The number of alkyl halides is 3. The fourth-order valence-electron chi connectivity index (χ4n) is 3.70. The van der Waals surface area contributed by atoms with Gasteiger partial charge in [0.05, 0.1) is 5.92 Å². The first-order valence-corrected chi connectivity index (χ1v) is 8.31. The van der Waals surface area contributed by atoms with Gasteiger partial charge < -0.3 is 5.32 Å². The predicted octanol–water partition coefficient (Wildman–Crippen LogP) is 3.67. The third-order valence-electron chi connectivity index (χ3n) is 5.35. The minimum Gasteiger partial charge on any atom is -0.312 e. The number of nitrogens with one attached hydrogen (secondary N) is 1. The summed E-state index contributed by atoms with van der Waals surface area (Å²) in [4.78, 5) is 2.48. The second-order valence-electron chi connectivity index (χ2n) is 7.30. The fourth-order valence-corrected chi connectivity index (χ4v) is 3.70. The molecule has 0 aromatic heterocycles. The van der Waals surface area contributed by atoms with E-state index in [1.807, 2.05) is 0 Å². The molecular weight excluding hydrogens is 277 g/mol. The monoisotopic (exact) mass is 306 g/mol. The second-order valence-corrected chi connectivity index (χ2v) is 7.30. The molecule has 1 aliphatic heterocycles. The van der Waals surface area contributed by atoms with Crippen LogP contribution in [-0.2, 0) is 0 Å². The van der Waals surface area contributed by atoms with Crippen LogP contribution in [0.1, 0.15) is 46.5 Å². The summed E-state index contributed by atoms with van der Waals surface area (Å²) in [5.74, 6) is -0.0154. The van der Waals surface area contributed by atoms with Gasteiger partial charge >= 0.3 is 6.18 Å². The van der Waals surface area contributed by atoms with Gasteiger partial charge in [0.2, 0.25) is 0 Å². The molecule has 2 aliphatic rings. The molecule has 0 spiro atoms. The zero-order valence-electron chi connectivity index (χ0n) is 13.4. The summed E-state index contributed by atoms with van der Waals surface area (Å²) >= 11 is 0. The lowest BCUT2D eigenvalue weighted by Gasteiger charge is -2.31. The average Bonchev–Trinajstić information content (AvgIpc) is 2.77. The van der Waals surface area contributed by atoms with Crippen LogP contribution in [0.2, 0.25) is 0 Å². The average molecular weight is 306 g/mol. The SMILES string of the molecule is CC1CN(C(C)C)CC1NCC1CCC(C(F)(F)F)CC1. The molecule has 0 aromatic rings. The summed E-state index contributed by atoms with van der Waals surface area (Å²) in [6, 6.07) is 1.06. The first-order chi connectivity index (χ1) is 9.77. The number of likely N-dealkylation sites (tertiary alicyclic amines) is 1. The van der Waals surface area contributed by atoms with Crippen molar-refractivity contribution in [3.05, 3.63) is 0 Å². The van der Waals surface area contributed by atoms with Crippen LogP contribution in [0.4, 0.5) is 13.2 Å². The molecule has 1 N–H and O–H groups in total. The molecule has 0 radical (unpaired) electrons. The molecule has 2 rings (SSSR count). The van der Waals surface area contributed by atoms with E-state index in [-0.39, 0.29) is 0 Å². The van der Waals surface area contributed by atoms with Crippen LogP contribution in [0, 0.1) is 17.8 Å². The summed E-state index contributed by atoms with van der Waals surface area (Å²) in [5, 5.41) is 3.62. The van der Waals surface area contributed by atoms with Crippen LogP contribution in [0.15, 0.2) is 0 Å². The van der Waals surface area contributed by atoms with E-state index in [9.17, 15) is 13.2 Å². The number of nitrogens with zero attached hydrogens (tertiary/aromatic N) is 1. The highest BCUT2D eigenvalue weighted by atomic mass is 19.4. The maximum atomic E-state index is 12.6. The summed E-state index contributed by atoms with van der Waals surface area (Å²) in [6.07, 6.45) is -1.93. The van der Waals surface area contributed by atoms with E-state index in [0.29, 0.717) is 49.6 Å². The molecule has 0 bridgehead atoms. The molecule has 1 heterocycles. The number of hydrogen-bond donors (Lipinski definition) is 1. The van der Waals surface area contributed by atoms with Crippen LogP contribution < -0.4 is 5.32 Å². The Balaban J connectivity index is 1.71. The minimum atomic E-state index is -3.99. The van der Waals surface area contributed by atoms with Gasteiger partial charge in [-0.15, -0.1) is 0 Å². The quantitative estimate of drug-likeness (QED) is 0.852. The first-order valence-electron chi connectivity index (χ1n) is 8.31. The first kappa shape index (κ1) is 17.1. The molecular formula is C16H29F3N2. The molecule has 0 amide bonds. The van der Waals surface area contributed by atoms with Crippen molar-refractivity contribution in [2.24, 2.45) is 17.8 Å². The van der Waals surface area contributed by atoms with Crippen LogP contribution >= 0.6 is 0 Å². The Kier molecular flexibility index (Phi) is 5.58. The van der Waals surface area contributed by atoms with Crippen molar-refractivity contribution in [3.63, 3.8) is 0 Å². The van der Waals surface area contributed by atoms with E-state index < -0.39 is 12.1 Å². The molecule has 2 unspecified atom stereocenters. The summed E-state index contributed by atoms with van der Waals surface area (Å²) in [7, 11) is 0. The van der Waals surface area contributed by atoms with E-state index in [2.05, 4.69) is 31.0 Å². The van der Waals surface area contributed by atoms with Gasteiger partial charge in [-0.3, -0.25) is 4.90 Å². The molecule has 2 fully saturated rings.